The highest BCUT2D eigenvalue weighted by Gasteiger charge is 2.20. The van der Waals surface area contributed by atoms with E-state index in [1.165, 1.54) is 9.80 Å². The molecule has 0 atom stereocenters. The quantitative estimate of drug-likeness (QED) is 0.482. The molecule has 0 aliphatic carbocycles. The van der Waals surface area contributed by atoms with Crippen LogP contribution in [0.4, 0.5) is 0 Å². The minimum Gasteiger partial charge on any atom is -0.507 e. The summed E-state index contributed by atoms with van der Waals surface area (Å²) in [7, 11) is 0. The zero-order valence-electron chi connectivity index (χ0n) is 12.9. The molecule has 0 amide bonds. The molecule has 6 nitrogen and oxygen atoms in total. The van der Waals surface area contributed by atoms with Gasteiger partial charge in [-0.05, 0) is 12.1 Å². The Hall–Kier alpha value is -1.34. The van der Waals surface area contributed by atoms with Crippen LogP contribution in [0.2, 0.25) is 0 Å². The first-order valence-corrected chi connectivity index (χ1v) is 8.09. The smallest absolute Gasteiger partial charge is 0.125 e. The predicted molar refractivity (Wildman–Crippen MR) is 80.2 cm³/mol. The number of ether oxygens (including phenoxy) is 2. The highest BCUT2D eigenvalue weighted by Crippen LogP contribution is 2.26. The average Bonchev–Trinajstić information content (AvgIpc) is 2.54. The van der Waals surface area contributed by atoms with E-state index in [1.54, 1.807) is 12.1 Å². The lowest BCUT2D eigenvalue weighted by molar-refractivity contribution is -0.921. The first-order chi connectivity index (χ1) is 10.7. The Kier molecular flexibility index (Phi) is 5.15. The van der Waals surface area contributed by atoms with Crippen molar-refractivity contribution in [2.45, 2.75) is 13.1 Å². The third-order valence-corrected chi connectivity index (χ3v) is 4.56. The second kappa shape index (κ2) is 7.28. The molecule has 2 saturated heterocycles. The maximum absolute atomic E-state index is 10.3. The first-order valence-electron chi connectivity index (χ1n) is 8.09. The largest absolute Gasteiger partial charge is 0.507 e. The van der Waals surface area contributed by atoms with E-state index in [0.717, 1.165) is 76.8 Å². The number of phenolic OH excluding ortho intramolecular Hbond substituents is 2. The van der Waals surface area contributed by atoms with E-state index in [0.29, 0.717) is 11.5 Å². The van der Waals surface area contributed by atoms with E-state index in [1.807, 2.05) is 0 Å². The molecule has 22 heavy (non-hydrogen) atoms. The molecule has 3 rings (SSSR count). The molecule has 1 aromatic rings. The topological polar surface area (TPSA) is 67.8 Å². The minimum absolute atomic E-state index is 0.291. The number of nitrogens with one attached hydrogen (secondary N) is 2. The summed E-state index contributed by atoms with van der Waals surface area (Å²) in [6.07, 6.45) is 0. The van der Waals surface area contributed by atoms with Crippen LogP contribution in [0, 0.1) is 0 Å². The number of phenols is 2. The second-order valence-corrected chi connectivity index (χ2v) is 6.19. The fraction of sp³-hybridized carbons (Fsp3) is 0.625. The van der Waals surface area contributed by atoms with Crippen molar-refractivity contribution in [1.82, 2.24) is 0 Å². The summed E-state index contributed by atoms with van der Waals surface area (Å²) in [4.78, 5) is 2.76. The number of rotatable bonds is 4. The summed E-state index contributed by atoms with van der Waals surface area (Å²) in [5, 5.41) is 20.6. The van der Waals surface area contributed by atoms with Gasteiger partial charge in [-0.2, -0.15) is 0 Å². The van der Waals surface area contributed by atoms with Crippen LogP contribution >= 0.6 is 0 Å². The molecule has 122 valence electrons. The van der Waals surface area contributed by atoms with Gasteiger partial charge in [-0.1, -0.05) is 0 Å². The van der Waals surface area contributed by atoms with Crippen molar-refractivity contribution in [3.63, 3.8) is 0 Å². The lowest BCUT2D eigenvalue weighted by Gasteiger charge is -2.25. The molecule has 1 aromatic carbocycles. The normalized spacial score (nSPS) is 21.1. The molecule has 4 N–H and O–H groups in total. The maximum Gasteiger partial charge on any atom is 0.125 e. The lowest BCUT2D eigenvalue weighted by Crippen LogP contribution is -3.12. The molecule has 0 unspecified atom stereocenters. The first kappa shape index (κ1) is 15.6. The van der Waals surface area contributed by atoms with Crippen molar-refractivity contribution in [2.75, 3.05) is 52.6 Å². The van der Waals surface area contributed by atoms with Crippen LogP contribution in [-0.2, 0) is 22.6 Å². The predicted octanol–water partition coefficient (Wildman–Crippen LogP) is -2.07. The van der Waals surface area contributed by atoms with Gasteiger partial charge in [-0.3, -0.25) is 0 Å². The van der Waals surface area contributed by atoms with Crippen LogP contribution in [-0.4, -0.2) is 62.8 Å². The van der Waals surface area contributed by atoms with Crippen molar-refractivity contribution in [2.24, 2.45) is 0 Å². The fourth-order valence-electron chi connectivity index (χ4n) is 3.16. The van der Waals surface area contributed by atoms with E-state index in [2.05, 4.69) is 0 Å². The molecule has 2 aliphatic heterocycles. The van der Waals surface area contributed by atoms with Gasteiger partial charge in [-0.15, -0.1) is 0 Å². The Morgan fingerprint density at radius 3 is 1.45 bits per heavy atom. The molecule has 0 spiro atoms. The van der Waals surface area contributed by atoms with Crippen molar-refractivity contribution < 1.29 is 29.5 Å². The summed E-state index contributed by atoms with van der Waals surface area (Å²) in [6, 6.07) is 3.46. The van der Waals surface area contributed by atoms with Crippen molar-refractivity contribution >= 4 is 0 Å². The van der Waals surface area contributed by atoms with Gasteiger partial charge in [0.2, 0.25) is 0 Å². The van der Waals surface area contributed by atoms with Gasteiger partial charge in [0, 0.05) is 0 Å². The standard InChI is InChI=1S/C16H24N2O4/c19-15-10-14(12-18-3-7-22-8-4-18)16(20)9-13(15)11-17-1-5-21-6-2-17/h9-10,19-20H,1-8,11-12H2/p+2. The molecule has 0 aromatic heterocycles. The van der Waals surface area contributed by atoms with Crippen LogP contribution in [0.25, 0.3) is 0 Å². The van der Waals surface area contributed by atoms with Crippen LogP contribution in [0.1, 0.15) is 11.1 Å². The highest BCUT2D eigenvalue weighted by molar-refractivity contribution is 5.44. The van der Waals surface area contributed by atoms with Gasteiger partial charge in [-0.25, -0.2) is 0 Å². The molecule has 6 heteroatoms. The summed E-state index contributed by atoms with van der Waals surface area (Å²) in [5.74, 6) is 0.582. The van der Waals surface area contributed by atoms with E-state index in [-0.39, 0.29) is 0 Å². The van der Waals surface area contributed by atoms with Gasteiger partial charge >= 0.3 is 0 Å². The van der Waals surface area contributed by atoms with Crippen LogP contribution in [0.3, 0.4) is 0 Å². The molecule has 0 saturated carbocycles. The monoisotopic (exact) mass is 310 g/mol. The van der Waals surface area contributed by atoms with Gasteiger partial charge < -0.3 is 29.5 Å². The average molecular weight is 310 g/mol. The Morgan fingerprint density at radius 1 is 0.727 bits per heavy atom. The molecule has 2 heterocycles. The van der Waals surface area contributed by atoms with Gasteiger partial charge in [0.25, 0.3) is 0 Å². The van der Waals surface area contributed by atoms with Crippen LogP contribution in [0.15, 0.2) is 12.1 Å². The summed E-state index contributed by atoms with van der Waals surface area (Å²) >= 11 is 0. The maximum atomic E-state index is 10.3. The Morgan fingerprint density at radius 2 is 1.09 bits per heavy atom. The molecular weight excluding hydrogens is 284 g/mol. The second-order valence-electron chi connectivity index (χ2n) is 6.19. The van der Waals surface area contributed by atoms with E-state index in [9.17, 15) is 10.2 Å². The third-order valence-electron chi connectivity index (χ3n) is 4.56. The molecular formula is C16H26N2O4+2. The number of benzene rings is 1. The summed E-state index contributed by atoms with van der Waals surface area (Å²) in [6.45, 7) is 8.29. The zero-order chi connectivity index (χ0) is 15.4. The van der Waals surface area contributed by atoms with Gasteiger partial charge in [0.05, 0.1) is 37.6 Å². The Balaban J connectivity index is 1.67. The van der Waals surface area contributed by atoms with E-state index >= 15 is 0 Å². The van der Waals surface area contributed by atoms with Crippen LogP contribution in [0.5, 0.6) is 11.5 Å². The van der Waals surface area contributed by atoms with E-state index in [4.69, 9.17) is 9.47 Å². The number of quaternary nitrogens is 2. The highest BCUT2D eigenvalue weighted by atomic mass is 16.5. The minimum atomic E-state index is 0.291. The van der Waals surface area contributed by atoms with Crippen molar-refractivity contribution in [1.29, 1.82) is 0 Å². The number of hydrogen-bond donors (Lipinski definition) is 4. The number of morpholine rings is 2. The molecule has 2 aliphatic rings. The summed E-state index contributed by atoms with van der Waals surface area (Å²) < 4.78 is 10.7. The number of aromatic hydroxyl groups is 2. The van der Waals surface area contributed by atoms with Crippen molar-refractivity contribution in [3.05, 3.63) is 23.3 Å². The Labute approximate surface area is 130 Å². The van der Waals surface area contributed by atoms with Crippen LogP contribution < -0.4 is 9.80 Å². The van der Waals surface area contributed by atoms with E-state index < -0.39 is 0 Å². The molecule has 0 bridgehead atoms. The summed E-state index contributed by atoms with van der Waals surface area (Å²) in [5.41, 5.74) is 1.63. The SMILES string of the molecule is Oc1cc(C[NH+]2CCOCC2)c(O)cc1C[NH+]1CCOCC1. The lowest BCUT2D eigenvalue weighted by atomic mass is 10.1. The third kappa shape index (κ3) is 3.89. The van der Waals surface area contributed by atoms with Crippen molar-refractivity contribution in [3.8, 4) is 11.5 Å². The zero-order valence-corrected chi connectivity index (χ0v) is 12.9. The number of hydrogen-bond acceptors (Lipinski definition) is 4. The van der Waals surface area contributed by atoms with Gasteiger partial charge in [0.15, 0.2) is 0 Å². The molecule has 0 radical (unpaired) electrons. The Bertz CT molecular complexity index is 451. The van der Waals surface area contributed by atoms with Gasteiger partial charge in [0.1, 0.15) is 50.8 Å². The fourth-order valence-corrected chi connectivity index (χ4v) is 3.16. The molecule has 2 fully saturated rings.